The summed E-state index contributed by atoms with van der Waals surface area (Å²) >= 11 is 5.89. The Kier molecular flexibility index (Phi) is 6.98. The third-order valence-corrected chi connectivity index (χ3v) is 4.04. The Hall–Kier alpha value is -2.65. The van der Waals surface area contributed by atoms with Crippen LogP contribution in [0.4, 0.5) is 13.2 Å². The zero-order valence-corrected chi connectivity index (χ0v) is 15.5. The van der Waals surface area contributed by atoms with E-state index in [0.717, 1.165) is 0 Å². The average Bonchev–Trinajstić information content (AvgIpc) is 2.65. The number of hydrogen-bond donors (Lipinski definition) is 2. The van der Waals surface area contributed by atoms with Gasteiger partial charge in [-0.1, -0.05) is 29.8 Å². The van der Waals surface area contributed by atoms with Crippen LogP contribution in [-0.4, -0.2) is 35.3 Å². The van der Waals surface area contributed by atoms with Crippen molar-refractivity contribution in [3.63, 3.8) is 0 Å². The highest BCUT2D eigenvalue weighted by molar-refractivity contribution is 6.33. The molecule has 1 amide bonds. The van der Waals surface area contributed by atoms with Crippen LogP contribution in [0.15, 0.2) is 48.8 Å². The Bertz CT molecular complexity index is 834. The average molecular weight is 416 g/mol. The number of carbonyl (C=O) groups excluding carboxylic acids is 2. The number of esters is 1. The molecule has 0 aliphatic heterocycles. The maximum absolute atomic E-state index is 14.0. The van der Waals surface area contributed by atoms with E-state index >= 15 is 0 Å². The largest absolute Gasteiger partial charge is 0.463 e. The second-order valence-corrected chi connectivity index (χ2v) is 6.02. The van der Waals surface area contributed by atoms with Crippen LogP contribution in [-0.2, 0) is 16.1 Å². The number of ether oxygens (including phenoxy) is 1. The molecule has 0 aliphatic rings. The maximum atomic E-state index is 14.0. The van der Waals surface area contributed by atoms with Crippen LogP contribution in [0.25, 0.3) is 0 Å². The molecule has 1 aromatic carbocycles. The van der Waals surface area contributed by atoms with Gasteiger partial charge in [-0.25, -0.2) is 4.79 Å². The standard InChI is InChI=1S/C18H17ClF3N3O3/c1-2-28-16(27)17(18(20,21)22,24-11-12-6-5-9-23-10-12)25-15(26)13-7-3-4-8-14(13)19/h3-10,24H,2,11H2,1H3,(H,25,26). The van der Waals surface area contributed by atoms with Gasteiger partial charge in [-0.3, -0.25) is 15.1 Å². The molecule has 1 atom stereocenters. The summed E-state index contributed by atoms with van der Waals surface area (Å²) in [5.74, 6) is -2.87. The highest BCUT2D eigenvalue weighted by atomic mass is 35.5. The Morgan fingerprint density at radius 3 is 2.46 bits per heavy atom. The number of benzene rings is 1. The van der Waals surface area contributed by atoms with Crippen molar-refractivity contribution in [3.05, 3.63) is 64.9 Å². The van der Waals surface area contributed by atoms with Crippen LogP contribution in [0.1, 0.15) is 22.8 Å². The van der Waals surface area contributed by atoms with E-state index in [-0.39, 0.29) is 17.2 Å². The normalized spacial score (nSPS) is 13.5. The van der Waals surface area contributed by atoms with Gasteiger partial charge in [0.1, 0.15) is 0 Å². The lowest BCUT2D eigenvalue weighted by Crippen LogP contribution is -2.72. The van der Waals surface area contributed by atoms with Gasteiger partial charge in [0.15, 0.2) is 0 Å². The predicted octanol–water partition coefficient (Wildman–Crippen LogP) is 3.08. The number of alkyl halides is 3. The molecule has 0 bridgehead atoms. The van der Waals surface area contributed by atoms with Gasteiger partial charge >= 0.3 is 12.1 Å². The van der Waals surface area contributed by atoms with Crippen LogP contribution in [0.2, 0.25) is 5.02 Å². The Labute approximate surface area is 164 Å². The molecular formula is C18H17ClF3N3O3. The lowest BCUT2D eigenvalue weighted by Gasteiger charge is -2.35. The summed E-state index contributed by atoms with van der Waals surface area (Å²) in [6.45, 7) is 0.637. The van der Waals surface area contributed by atoms with Crippen molar-refractivity contribution in [2.45, 2.75) is 25.3 Å². The lowest BCUT2D eigenvalue weighted by molar-refractivity contribution is -0.219. The summed E-state index contributed by atoms with van der Waals surface area (Å²) in [5.41, 5.74) is -3.33. The van der Waals surface area contributed by atoms with E-state index in [2.05, 4.69) is 15.0 Å². The topological polar surface area (TPSA) is 80.3 Å². The van der Waals surface area contributed by atoms with Gasteiger partial charge in [0, 0.05) is 18.9 Å². The van der Waals surface area contributed by atoms with Gasteiger partial charge in [-0.05, 0) is 30.7 Å². The minimum atomic E-state index is -5.21. The first-order chi connectivity index (χ1) is 13.2. The fourth-order valence-corrected chi connectivity index (χ4v) is 2.54. The number of hydrogen-bond acceptors (Lipinski definition) is 5. The Morgan fingerprint density at radius 2 is 1.89 bits per heavy atom. The molecule has 1 heterocycles. The molecule has 10 heteroatoms. The number of nitrogens with zero attached hydrogens (tertiary/aromatic N) is 1. The molecule has 150 valence electrons. The van der Waals surface area contributed by atoms with E-state index in [1.165, 1.54) is 55.7 Å². The van der Waals surface area contributed by atoms with Gasteiger partial charge in [0.2, 0.25) is 0 Å². The zero-order valence-electron chi connectivity index (χ0n) is 14.7. The first-order valence-electron chi connectivity index (χ1n) is 8.16. The van der Waals surface area contributed by atoms with E-state index in [9.17, 15) is 22.8 Å². The van der Waals surface area contributed by atoms with Crippen LogP contribution in [0.5, 0.6) is 0 Å². The number of nitrogens with one attached hydrogen (secondary N) is 2. The van der Waals surface area contributed by atoms with Crippen molar-refractivity contribution in [3.8, 4) is 0 Å². The van der Waals surface area contributed by atoms with Crippen molar-refractivity contribution < 1.29 is 27.5 Å². The van der Waals surface area contributed by atoms with Gasteiger partial charge in [0.25, 0.3) is 11.6 Å². The van der Waals surface area contributed by atoms with Crippen molar-refractivity contribution >= 4 is 23.5 Å². The summed E-state index contributed by atoms with van der Waals surface area (Å²) in [5, 5.41) is 3.74. The molecule has 0 radical (unpaired) electrons. The van der Waals surface area contributed by atoms with E-state index in [1.54, 1.807) is 5.32 Å². The zero-order chi connectivity index (χ0) is 20.8. The number of rotatable bonds is 7. The highest BCUT2D eigenvalue weighted by Crippen LogP contribution is 2.31. The fraction of sp³-hybridized carbons (Fsp3) is 0.278. The predicted molar refractivity (Wildman–Crippen MR) is 95.4 cm³/mol. The van der Waals surface area contributed by atoms with Crippen LogP contribution in [0.3, 0.4) is 0 Å². The molecule has 1 aromatic heterocycles. The Morgan fingerprint density at radius 1 is 1.18 bits per heavy atom. The van der Waals surface area contributed by atoms with Crippen LogP contribution >= 0.6 is 11.6 Å². The van der Waals surface area contributed by atoms with Crippen LogP contribution in [0, 0.1) is 0 Å². The quantitative estimate of drug-likeness (QED) is 0.536. The molecule has 0 spiro atoms. The number of aromatic nitrogens is 1. The first-order valence-corrected chi connectivity index (χ1v) is 8.54. The third kappa shape index (κ3) is 4.79. The summed E-state index contributed by atoms with van der Waals surface area (Å²) in [4.78, 5) is 28.6. The van der Waals surface area contributed by atoms with Gasteiger partial charge in [-0.2, -0.15) is 13.2 Å². The molecular weight excluding hydrogens is 399 g/mol. The van der Waals surface area contributed by atoms with E-state index < -0.39 is 30.3 Å². The molecule has 28 heavy (non-hydrogen) atoms. The lowest BCUT2D eigenvalue weighted by atomic mass is 10.1. The van der Waals surface area contributed by atoms with Crippen molar-refractivity contribution in [2.24, 2.45) is 0 Å². The number of carbonyl (C=O) groups is 2. The summed E-state index contributed by atoms with van der Waals surface area (Å²) in [6, 6.07) is 8.58. The summed E-state index contributed by atoms with van der Waals surface area (Å²) in [6.07, 6.45) is -2.43. The minimum absolute atomic E-state index is 0.0628. The monoisotopic (exact) mass is 415 g/mol. The van der Waals surface area contributed by atoms with Crippen LogP contribution < -0.4 is 10.6 Å². The molecule has 0 fully saturated rings. The van der Waals surface area contributed by atoms with Crippen molar-refractivity contribution in [1.82, 2.24) is 15.6 Å². The maximum Gasteiger partial charge on any atom is 0.436 e. The second-order valence-electron chi connectivity index (χ2n) is 5.62. The molecule has 6 nitrogen and oxygen atoms in total. The molecule has 1 unspecified atom stereocenters. The first kappa shape index (κ1) is 21.6. The SMILES string of the molecule is CCOC(=O)C(NCc1cccnc1)(NC(=O)c1ccccc1Cl)C(F)(F)F. The summed E-state index contributed by atoms with van der Waals surface area (Å²) < 4.78 is 46.6. The molecule has 0 saturated carbocycles. The molecule has 2 rings (SSSR count). The number of amides is 1. The molecule has 2 N–H and O–H groups in total. The minimum Gasteiger partial charge on any atom is -0.463 e. The van der Waals surface area contributed by atoms with E-state index in [0.29, 0.717) is 5.56 Å². The third-order valence-electron chi connectivity index (χ3n) is 3.71. The second kappa shape index (κ2) is 9.03. The Balaban J connectivity index is 2.42. The molecule has 0 aliphatic carbocycles. The number of pyridine rings is 1. The van der Waals surface area contributed by atoms with Crippen molar-refractivity contribution in [1.29, 1.82) is 0 Å². The van der Waals surface area contributed by atoms with Gasteiger partial charge in [0.05, 0.1) is 17.2 Å². The molecule has 0 saturated heterocycles. The highest BCUT2D eigenvalue weighted by Gasteiger charge is 2.63. The number of halogens is 4. The van der Waals surface area contributed by atoms with E-state index in [4.69, 9.17) is 11.6 Å². The van der Waals surface area contributed by atoms with E-state index in [1.807, 2.05) is 0 Å². The smallest absolute Gasteiger partial charge is 0.436 e. The molecule has 2 aromatic rings. The van der Waals surface area contributed by atoms with Gasteiger partial charge in [-0.15, -0.1) is 0 Å². The summed E-state index contributed by atoms with van der Waals surface area (Å²) in [7, 11) is 0. The van der Waals surface area contributed by atoms with Crippen molar-refractivity contribution in [2.75, 3.05) is 6.61 Å². The fourth-order valence-electron chi connectivity index (χ4n) is 2.31. The van der Waals surface area contributed by atoms with Gasteiger partial charge < -0.3 is 10.1 Å².